The minimum atomic E-state index is -0.412. The maximum atomic E-state index is 12.1. The molecule has 2 rings (SSSR count). The van der Waals surface area contributed by atoms with Crippen LogP contribution in [0.2, 0.25) is 0 Å². The van der Waals surface area contributed by atoms with Crippen LogP contribution in [0.4, 0.5) is 0 Å². The number of hydrogen-bond donors (Lipinski definition) is 0. The van der Waals surface area contributed by atoms with E-state index >= 15 is 0 Å². The monoisotopic (exact) mass is 438 g/mol. The molecule has 2 aromatic rings. The van der Waals surface area contributed by atoms with Crippen LogP contribution in [0.15, 0.2) is 54.6 Å². The van der Waals surface area contributed by atoms with Gasteiger partial charge in [-0.25, -0.2) is 4.79 Å². The highest BCUT2D eigenvalue weighted by Gasteiger charge is 2.02. The molecule has 0 bridgehead atoms. The lowest BCUT2D eigenvalue weighted by Crippen LogP contribution is -2.03. The van der Waals surface area contributed by atoms with E-state index in [1.807, 2.05) is 36.4 Å². The van der Waals surface area contributed by atoms with Crippen LogP contribution in [0.1, 0.15) is 77.2 Å². The Morgan fingerprint density at radius 1 is 0.656 bits per heavy atom. The van der Waals surface area contributed by atoms with E-state index in [4.69, 9.17) is 14.2 Å². The fraction of sp³-hybridized carbons (Fsp3) is 0.464. The molecule has 0 saturated heterocycles. The van der Waals surface area contributed by atoms with Gasteiger partial charge in [-0.15, -0.1) is 0 Å². The zero-order chi connectivity index (χ0) is 22.9. The molecule has 0 fully saturated rings. The minimum absolute atomic E-state index is 0.412. The maximum absolute atomic E-state index is 12.1. The van der Waals surface area contributed by atoms with E-state index in [0.717, 1.165) is 42.9 Å². The quantitative estimate of drug-likeness (QED) is 0.117. The molecule has 4 nitrogen and oxygen atoms in total. The first kappa shape index (κ1) is 25.5. The highest BCUT2D eigenvalue weighted by Crippen LogP contribution is 2.19. The van der Waals surface area contributed by atoms with Gasteiger partial charge < -0.3 is 14.2 Å². The number of benzene rings is 2. The van der Waals surface area contributed by atoms with E-state index in [0.29, 0.717) is 12.4 Å². The first-order valence-corrected chi connectivity index (χ1v) is 12.1. The van der Waals surface area contributed by atoms with E-state index in [1.54, 1.807) is 18.2 Å². The van der Waals surface area contributed by atoms with Gasteiger partial charge >= 0.3 is 5.97 Å². The van der Waals surface area contributed by atoms with Gasteiger partial charge in [-0.1, -0.05) is 70.9 Å². The normalized spacial score (nSPS) is 10.9. The predicted octanol–water partition coefficient (Wildman–Crippen LogP) is 7.61. The van der Waals surface area contributed by atoms with E-state index in [-0.39, 0.29) is 0 Å². The standard InChI is InChI=1S/C28H38O4/c1-3-5-7-8-9-11-23-31-25-15-12-24(13-16-25)14-21-28(29)32-27-19-17-26(18-20-27)30-22-10-6-4-2/h12-21H,3-11,22-23H2,1-2H3. The third kappa shape index (κ3) is 11.0. The Kier molecular flexibility index (Phi) is 12.7. The second-order valence-electron chi connectivity index (χ2n) is 7.97. The molecule has 0 aliphatic heterocycles. The highest BCUT2D eigenvalue weighted by molar-refractivity contribution is 5.88. The van der Waals surface area contributed by atoms with Crippen molar-refractivity contribution in [2.75, 3.05) is 13.2 Å². The van der Waals surface area contributed by atoms with Crippen molar-refractivity contribution in [1.29, 1.82) is 0 Å². The molecular weight excluding hydrogens is 400 g/mol. The molecule has 0 saturated carbocycles. The molecule has 0 aromatic heterocycles. The summed E-state index contributed by atoms with van der Waals surface area (Å²) in [5.74, 6) is 1.73. The second kappa shape index (κ2) is 16.0. The van der Waals surface area contributed by atoms with E-state index in [9.17, 15) is 4.79 Å². The molecule has 0 aliphatic rings. The van der Waals surface area contributed by atoms with Gasteiger partial charge in [-0.2, -0.15) is 0 Å². The predicted molar refractivity (Wildman–Crippen MR) is 131 cm³/mol. The van der Waals surface area contributed by atoms with Crippen LogP contribution in [-0.2, 0) is 4.79 Å². The summed E-state index contributed by atoms with van der Waals surface area (Å²) in [4.78, 5) is 12.1. The summed E-state index contributed by atoms with van der Waals surface area (Å²) in [5.41, 5.74) is 0.921. The van der Waals surface area contributed by atoms with E-state index in [1.165, 1.54) is 44.6 Å². The van der Waals surface area contributed by atoms with Gasteiger partial charge in [0.25, 0.3) is 0 Å². The minimum Gasteiger partial charge on any atom is -0.494 e. The third-order valence-electron chi connectivity index (χ3n) is 5.12. The van der Waals surface area contributed by atoms with Crippen LogP contribution in [0, 0.1) is 0 Å². The number of esters is 1. The molecule has 0 amide bonds. The van der Waals surface area contributed by atoms with Crippen LogP contribution in [0.3, 0.4) is 0 Å². The topological polar surface area (TPSA) is 44.8 Å². The Morgan fingerprint density at radius 3 is 1.75 bits per heavy atom. The molecule has 32 heavy (non-hydrogen) atoms. The Bertz CT molecular complexity index is 778. The Morgan fingerprint density at radius 2 is 1.12 bits per heavy atom. The van der Waals surface area contributed by atoms with Crippen LogP contribution in [-0.4, -0.2) is 19.2 Å². The molecule has 0 spiro atoms. The zero-order valence-corrected chi connectivity index (χ0v) is 19.7. The maximum Gasteiger partial charge on any atom is 0.336 e. The first-order chi connectivity index (χ1) is 15.7. The molecular formula is C28H38O4. The van der Waals surface area contributed by atoms with Crippen molar-refractivity contribution in [2.24, 2.45) is 0 Å². The smallest absolute Gasteiger partial charge is 0.336 e. The highest BCUT2D eigenvalue weighted by atomic mass is 16.5. The lowest BCUT2D eigenvalue weighted by atomic mass is 10.1. The number of hydrogen-bond acceptors (Lipinski definition) is 4. The number of unbranched alkanes of at least 4 members (excludes halogenated alkanes) is 7. The molecule has 4 heteroatoms. The van der Waals surface area contributed by atoms with Gasteiger partial charge in [-0.05, 0) is 60.9 Å². The van der Waals surface area contributed by atoms with Gasteiger partial charge in [-0.3, -0.25) is 0 Å². The molecule has 0 aliphatic carbocycles. The fourth-order valence-electron chi connectivity index (χ4n) is 3.21. The second-order valence-corrected chi connectivity index (χ2v) is 7.97. The van der Waals surface area contributed by atoms with Gasteiger partial charge in [0.15, 0.2) is 0 Å². The van der Waals surface area contributed by atoms with Crippen molar-refractivity contribution in [3.63, 3.8) is 0 Å². The molecule has 0 atom stereocenters. The van der Waals surface area contributed by atoms with Gasteiger partial charge in [0.05, 0.1) is 13.2 Å². The summed E-state index contributed by atoms with van der Waals surface area (Å²) in [6.45, 7) is 5.85. The molecule has 0 N–H and O–H groups in total. The first-order valence-electron chi connectivity index (χ1n) is 12.1. The Balaban J connectivity index is 1.68. The molecule has 0 unspecified atom stereocenters. The SMILES string of the molecule is CCCCCCCCOc1ccc(C=CC(=O)Oc2ccc(OCCCCC)cc2)cc1. The summed E-state index contributed by atoms with van der Waals surface area (Å²) in [5, 5.41) is 0. The number of rotatable bonds is 16. The molecule has 2 aromatic carbocycles. The lowest BCUT2D eigenvalue weighted by Gasteiger charge is -2.07. The summed E-state index contributed by atoms with van der Waals surface area (Å²) < 4.78 is 16.8. The average Bonchev–Trinajstić information content (AvgIpc) is 2.82. The number of carbonyl (C=O) groups is 1. The van der Waals surface area contributed by atoms with E-state index in [2.05, 4.69) is 13.8 Å². The Hall–Kier alpha value is -2.75. The average molecular weight is 439 g/mol. The van der Waals surface area contributed by atoms with Gasteiger partial charge in [0.1, 0.15) is 17.2 Å². The zero-order valence-electron chi connectivity index (χ0n) is 19.7. The van der Waals surface area contributed by atoms with Crippen molar-refractivity contribution in [3.8, 4) is 17.2 Å². The van der Waals surface area contributed by atoms with Crippen LogP contribution >= 0.6 is 0 Å². The molecule has 0 radical (unpaired) electrons. The van der Waals surface area contributed by atoms with Crippen molar-refractivity contribution in [2.45, 2.75) is 71.6 Å². The number of carbonyl (C=O) groups excluding carboxylic acids is 1. The molecule has 0 heterocycles. The van der Waals surface area contributed by atoms with Gasteiger partial charge in [0.2, 0.25) is 0 Å². The third-order valence-corrected chi connectivity index (χ3v) is 5.12. The van der Waals surface area contributed by atoms with Crippen molar-refractivity contribution >= 4 is 12.0 Å². The summed E-state index contributed by atoms with van der Waals surface area (Å²) in [6, 6.07) is 14.9. The number of ether oxygens (including phenoxy) is 3. The van der Waals surface area contributed by atoms with Crippen LogP contribution in [0.25, 0.3) is 6.08 Å². The summed E-state index contributed by atoms with van der Waals surface area (Å²) in [7, 11) is 0. The van der Waals surface area contributed by atoms with Crippen molar-refractivity contribution < 1.29 is 19.0 Å². The fourth-order valence-corrected chi connectivity index (χ4v) is 3.21. The Labute approximate surface area is 193 Å². The van der Waals surface area contributed by atoms with Crippen molar-refractivity contribution in [1.82, 2.24) is 0 Å². The lowest BCUT2D eigenvalue weighted by molar-refractivity contribution is -0.128. The van der Waals surface area contributed by atoms with Crippen LogP contribution in [0.5, 0.6) is 17.2 Å². The van der Waals surface area contributed by atoms with E-state index < -0.39 is 5.97 Å². The van der Waals surface area contributed by atoms with Gasteiger partial charge in [0, 0.05) is 6.08 Å². The van der Waals surface area contributed by atoms with Crippen LogP contribution < -0.4 is 14.2 Å². The van der Waals surface area contributed by atoms with Crippen molar-refractivity contribution in [3.05, 3.63) is 60.2 Å². The largest absolute Gasteiger partial charge is 0.494 e. The summed E-state index contributed by atoms with van der Waals surface area (Å²) >= 11 is 0. The molecule has 174 valence electrons. The summed E-state index contributed by atoms with van der Waals surface area (Å²) in [6.07, 6.45) is 14.1.